The summed E-state index contributed by atoms with van der Waals surface area (Å²) in [5.74, 6) is 0. The van der Waals surface area contributed by atoms with Crippen LogP contribution in [0, 0.1) is 0 Å². The van der Waals surface area contributed by atoms with Gasteiger partial charge in [-0.05, 0) is 12.8 Å². The normalized spacial score (nSPS) is 18.9. The summed E-state index contributed by atoms with van der Waals surface area (Å²) in [6.45, 7) is 0.742. The molecule has 0 spiro atoms. The Bertz CT molecular complexity index is 249. The SMILES string of the molecule is O=S(=O)(CCl)NCCOC1CCCC1. The number of halogens is 1. The van der Waals surface area contributed by atoms with Gasteiger partial charge >= 0.3 is 0 Å². The van der Waals surface area contributed by atoms with Crippen molar-refractivity contribution in [3.8, 4) is 0 Å². The summed E-state index contributed by atoms with van der Waals surface area (Å²) in [5.41, 5.74) is 0. The maximum atomic E-state index is 10.9. The van der Waals surface area contributed by atoms with Crippen LogP contribution in [0.2, 0.25) is 0 Å². The van der Waals surface area contributed by atoms with Gasteiger partial charge in [0.1, 0.15) is 5.21 Å². The third-order valence-corrected chi connectivity index (χ3v) is 4.02. The van der Waals surface area contributed by atoms with Gasteiger partial charge in [0.2, 0.25) is 10.0 Å². The van der Waals surface area contributed by atoms with Crippen molar-refractivity contribution >= 4 is 21.6 Å². The molecule has 0 unspecified atom stereocenters. The molecule has 1 rings (SSSR count). The summed E-state index contributed by atoms with van der Waals surface area (Å²) in [6.07, 6.45) is 4.97. The Hall–Kier alpha value is 0.160. The predicted molar refractivity (Wildman–Crippen MR) is 55.9 cm³/mol. The molecule has 0 atom stereocenters. The minimum absolute atomic E-state index is 0.311. The molecule has 0 heterocycles. The molecular formula is C8H16ClNO3S. The van der Waals surface area contributed by atoms with Crippen molar-refractivity contribution in [2.75, 3.05) is 18.4 Å². The van der Waals surface area contributed by atoms with E-state index in [1.165, 1.54) is 12.8 Å². The van der Waals surface area contributed by atoms with Crippen LogP contribution in [0.15, 0.2) is 0 Å². The van der Waals surface area contributed by atoms with E-state index in [1.807, 2.05) is 0 Å². The van der Waals surface area contributed by atoms with Crippen molar-refractivity contribution in [2.45, 2.75) is 31.8 Å². The summed E-state index contributed by atoms with van der Waals surface area (Å²) in [4.78, 5) is 0. The van der Waals surface area contributed by atoms with E-state index in [-0.39, 0.29) is 0 Å². The number of sulfonamides is 1. The fourth-order valence-corrected chi connectivity index (χ4v) is 2.22. The average Bonchev–Trinajstić information content (AvgIpc) is 2.65. The van der Waals surface area contributed by atoms with Gasteiger partial charge in [0.25, 0.3) is 0 Å². The largest absolute Gasteiger partial charge is 0.377 e. The van der Waals surface area contributed by atoms with Gasteiger partial charge in [-0.25, -0.2) is 13.1 Å². The van der Waals surface area contributed by atoms with Crippen LogP contribution < -0.4 is 4.72 Å². The second kappa shape index (κ2) is 5.90. The first-order chi connectivity index (χ1) is 6.64. The van der Waals surface area contributed by atoms with E-state index in [1.54, 1.807) is 0 Å². The number of alkyl halides is 1. The van der Waals surface area contributed by atoms with E-state index in [0.717, 1.165) is 12.8 Å². The number of nitrogens with one attached hydrogen (secondary N) is 1. The molecule has 0 amide bonds. The van der Waals surface area contributed by atoms with Crippen LogP contribution in [0.25, 0.3) is 0 Å². The molecule has 0 saturated heterocycles. The van der Waals surface area contributed by atoms with Crippen molar-refractivity contribution in [3.63, 3.8) is 0 Å². The van der Waals surface area contributed by atoms with Gasteiger partial charge in [-0.1, -0.05) is 12.8 Å². The zero-order chi connectivity index (χ0) is 10.4. The molecule has 1 fully saturated rings. The molecule has 0 aromatic carbocycles. The van der Waals surface area contributed by atoms with Crippen LogP contribution in [0.1, 0.15) is 25.7 Å². The van der Waals surface area contributed by atoms with Crippen LogP contribution >= 0.6 is 11.6 Å². The Morgan fingerprint density at radius 2 is 2.00 bits per heavy atom. The summed E-state index contributed by atoms with van der Waals surface area (Å²) >= 11 is 5.21. The quantitative estimate of drug-likeness (QED) is 0.559. The number of ether oxygens (including phenoxy) is 1. The van der Waals surface area contributed by atoms with Crippen molar-refractivity contribution < 1.29 is 13.2 Å². The van der Waals surface area contributed by atoms with E-state index >= 15 is 0 Å². The van der Waals surface area contributed by atoms with Gasteiger partial charge in [0.05, 0.1) is 12.7 Å². The highest BCUT2D eigenvalue weighted by atomic mass is 35.5. The molecule has 0 bridgehead atoms. The first-order valence-electron chi connectivity index (χ1n) is 4.79. The Morgan fingerprint density at radius 1 is 1.36 bits per heavy atom. The predicted octanol–water partition coefficient (Wildman–Crippen LogP) is 1.06. The Labute approximate surface area is 90.0 Å². The van der Waals surface area contributed by atoms with Crippen molar-refractivity contribution in [3.05, 3.63) is 0 Å². The Morgan fingerprint density at radius 3 is 2.57 bits per heavy atom. The van der Waals surface area contributed by atoms with Crippen molar-refractivity contribution in [2.24, 2.45) is 0 Å². The second-order valence-electron chi connectivity index (χ2n) is 3.40. The van der Waals surface area contributed by atoms with Crippen LogP contribution in [0.3, 0.4) is 0 Å². The lowest BCUT2D eigenvalue weighted by molar-refractivity contribution is 0.0626. The number of rotatable bonds is 6. The van der Waals surface area contributed by atoms with Gasteiger partial charge in [-0.2, -0.15) is 0 Å². The summed E-state index contributed by atoms with van der Waals surface area (Å²) in [5, 5.41) is -0.392. The van der Waals surface area contributed by atoms with Crippen LogP contribution in [0.5, 0.6) is 0 Å². The summed E-state index contributed by atoms with van der Waals surface area (Å²) in [6, 6.07) is 0. The number of hydrogen-bond donors (Lipinski definition) is 1. The molecule has 1 saturated carbocycles. The second-order valence-corrected chi connectivity index (χ2v) is 5.79. The molecule has 0 aromatic rings. The molecule has 0 aliphatic heterocycles. The van der Waals surface area contributed by atoms with E-state index in [2.05, 4.69) is 4.72 Å². The lowest BCUT2D eigenvalue weighted by atomic mass is 10.3. The first-order valence-corrected chi connectivity index (χ1v) is 6.97. The van der Waals surface area contributed by atoms with Crippen LogP contribution in [-0.4, -0.2) is 32.9 Å². The Balaban J connectivity index is 2.04. The first kappa shape index (κ1) is 12.2. The van der Waals surface area contributed by atoms with Gasteiger partial charge in [0, 0.05) is 6.54 Å². The van der Waals surface area contributed by atoms with Crippen molar-refractivity contribution in [1.29, 1.82) is 0 Å². The molecule has 6 heteroatoms. The fraction of sp³-hybridized carbons (Fsp3) is 1.00. The maximum Gasteiger partial charge on any atom is 0.225 e. The standard InChI is InChI=1S/C8H16ClNO3S/c9-7-14(11,12)10-5-6-13-8-3-1-2-4-8/h8,10H,1-7H2. The molecule has 14 heavy (non-hydrogen) atoms. The third-order valence-electron chi connectivity index (χ3n) is 2.22. The lowest BCUT2D eigenvalue weighted by Gasteiger charge is -2.10. The van der Waals surface area contributed by atoms with Gasteiger partial charge in [-0.15, -0.1) is 11.6 Å². The highest BCUT2D eigenvalue weighted by Gasteiger charge is 2.15. The van der Waals surface area contributed by atoms with E-state index in [9.17, 15) is 8.42 Å². The monoisotopic (exact) mass is 241 g/mol. The van der Waals surface area contributed by atoms with Crippen molar-refractivity contribution in [1.82, 2.24) is 4.72 Å². The van der Waals surface area contributed by atoms with Gasteiger partial charge in [-0.3, -0.25) is 0 Å². The minimum Gasteiger partial charge on any atom is -0.377 e. The molecule has 1 aliphatic carbocycles. The molecule has 84 valence electrons. The molecular weight excluding hydrogens is 226 g/mol. The summed E-state index contributed by atoms with van der Waals surface area (Å²) in [7, 11) is -3.28. The van der Waals surface area contributed by atoms with Gasteiger partial charge in [0.15, 0.2) is 0 Å². The van der Waals surface area contributed by atoms with Gasteiger partial charge < -0.3 is 4.74 Å². The van der Waals surface area contributed by atoms with Crippen LogP contribution in [0.4, 0.5) is 0 Å². The van der Waals surface area contributed by atoms with E-state index in [4.69, 9.17) is 16.3 Å². The highest BCUT2D eigenvalue weighted by Crippen LogP contribution is 2.20. The fourth-order valence-electron chi connectivity index (χ4n) is 1.52. The smallest absolute Gasteiger partial charge is 0.225 e. The van der Waals surface area contributed by atoms with E-state index < -0.39 is 15.2 Å². The average molecular weight is 242 g/mol. The zero-order valence-corrected chi connectivity index (χ0v) is 9.61. The molecule has 0 radical (unpaired) electrons. The van der Waals surface area contributed by atoms with E-state index in [0.29, 0.717) is 19.3 Å². The Kier molecular flexibility index (Phi) is 5.15. The maximum absolute atomic E-state index is 10.9. The molecule has 4 nitrogen and oxygen atoms in total. The molecule has 1 aliphatic rings. The topological polar surface area (TPSA) is 55.4 Å². The third kappa shape index (κ3) is 4.59. The zero-order valence-electron chi connectivity index (χ0n) is 8.04. The molecule has 0 aromatic heterocycles. The minimum atomic E-state index is -3.28. The number of hydrogen-bond acceptors (Lipinski definition) is 3. The summed E-state index contributed by atoms with van der Waals surface area (Å²) < 4.78 is 29.6. The van der Waals surface area contributed by atoms with Crippen LogP contribution in [-0.2, 0) is 14.8 Å². The highest BCUT2D eigenvalue weighted by molar-refractivity contribution is 7.90. The molecule has 1 N–H and O–H groups in total. The lowest BCUT2D eigenvalue weighted by Crippen LogP contribution is -2.29.